The molecule has 0 radical (unpaired) electrons. The second-order valence-corrected chi connectivity index (χ2v) is 4.54. The molecular formula is C13H19FN2. The van der Waals surface area contributed by atoms with Gasteiger partial charge in [0.05, 0.1) is 0 Å². The molecular weight excluding hydrogens is 203 g/mol. The molecule has 1 aliphatic rings. The number of rotatable bonds is 3. The number of hydrogen-bond acceptors (Lipinski definition) is 2. The lowest BCUT2D eigenvalue weighted by molar-refractivity contribution is 0.174. The van der Waals surface area contributed by atoms with Gasteiger partial charge in [-0.05, 0) is 37.6 Å². The summed E-state index contributed by atoms with van der Waals surface area (Å²) in [4.78, 5) is 2.11. The van der Waals surface area contributed by atoms with Gasteiger partial charge in [0.2, 0.25) is 0 Å². The summed E-state index contributed by atoms with van der Waals surface area (Å²) in [5.74, 6) is 0. The second kappa shape index (κ2) is 4.93. The third kappa shape index (κ3) is 2.25. The fourth-order valence-electron chi connectivity index (χ4n) is 2.42. The van der Waals surface area contributed by atoms with Crippen LogP contribution in [0.4, 0.5) is 4.39 Å². The van der Waals surface area contributed by atoms with Gasteiger partial charge in [-0.15, -0.1) is 0 Å². The van der Waals surface area contributed by atoms with Crippen molar-refractivity contribution in [1.82, 2.24) is 4.90 Å². The van der Waals surface area contributed by atoms with Crippen LogP contribution in [-0.2, 0) is 6.54 Å². The smallest absolute Gasteiger partial charge is 0.141 e. The molecule has 2 N–H and O–H groups in total. The molecule has 0 amide bonds. The maximum Gasteiger partial charge on any atom is 0.141 e. The van der Waals surface area contributed by atoms with Gasteiger partial charge in [0.25, 0.3) is 0 Å². The van der Waals surface area contributed by atoms with E-state index in [1.807, 2.05) is 31.3 Å². The molecule has 2 atom stereocenters. The standard InChI is InChI=1S/C13H19FN2/c1-16-7-3-6-12(16)13(14)11-5-2-4-10(8-11)9-15/h2,4-5,8,12-13H,3,6-7,9,15H2,1H3. The number of hydrogen-bond donors (Lipinski definition) is 1. The summed E-state index contributed by atoms with van der Waals surface area (Å²) in [6.07, 6.45) is 1.15. The van der Waals surface area contributed by atoms with Crippen molar-refractivity contribution in [3.8, 4) is 0 Å². The van der Waals surface area contributed by atoms with Crippen molar-refractivity contribution < 1.29 is 4.39 Å². The van der Waals surface area contributed by atoms with E-state index in [9.17, 15) is 4.39 Å². The number of likely N-dealkylation sites (tertiary alicyclic amines) is 1. The van der Waals surface area contributed by atoms with Gasteiger partial charge in [-0.25, -0.2) is 4.39 Å². The Morgan fingerprint density at radius 2 is 2.38 bits per heavy atom. The van der Waals surface area contributed by atoms with Gasteiger partial charge in [-0.1, -0.05) is 24.3 Å². The number of nitrogens with zero attached hydrogens (tertiary/aromatic N) is 1. The summed E-state index contributed by atoms with van der Waals surface area (Å²) in [7, 11) is 2.00. The zero-order valence-corrected chi connectivity index (χ0v) is 9.70. The Morgan fingerprint density at radius 1 is 1.56 bits per heavy atom. The fraction of sp³-hybridized carbons (Fsp3) is 0.538. The van der Waals surface area contributed by atoms with Crippen LogP contribution in [0.25, 0.3) is 0 Å². The zero-order valence-electron chi connectivity index (χ0n) is 9.70. The van der Waals surface area contributed by atoms with Gasteiger partial charge in [-0.3, -0.25) is 0 Å². The maximum absolute atomic E-state index is 14.3. The first-order valence-corrected chi connectivity index (χ1v) is 5.85. The van der Waals surface area contributed by atoms with Crippen molar-refractivity contribution >= 4 is 0 Å². The summed E-state index contributed by atoms with van der Waals surface area (Å²) in [6, 6.07) is 7.61. The lowest BCUT2D eigenvalue weighted by Gasteiger charge is -2.23. The van der Waals surface area contributed by atoms with Gasteiger partial charge in [0, 0.05) is 12.6 Å². The minimum Gasteiger partial charge on any atom is -0.326 e. The molecule has 2 nitrogen and oxygen atoms in total. The molecule has 0 aromatic heterocycles. The molecule has 1 heterocycles. The lowest BCUT2D eigenvalue weighted by atomic mass is 10.00. The van der Waals surface area contributed by atoms with Crippen molar-refractivity contribution in [3.05, 3.63) is 35.4 Å². The largest absolute Gasteiger partial charge is 0.326 e. The molecule has 0 spiro atoms. The van der Waals surface area contributed by atoms with E-state index in [1.165, 1.54) is 0 Å². The number of alkyl halides is 1. The molecule has 0 saturated carbocycles. The minimum absolute atomic E-state index is 0.0352. The fourth-order valence-corrected chi connectivity index (χ4v) is 2.42. The first-order chi connectivity index (χ1) is 7.72. The van der Waals surface area contributed by atoms with Crippen LogP contribution in [-0.4, -0.2) is 24.5 Å². The molecule has 1 aromatic carbocycles. The number of halogens is 1. The average Bonchev–Trinajstić information content (AvgIpc) is 2.74. The predicted octanol–water partition coefficient (Wildman–Crippen LogP) is 2.25. The van der Waals surface area contributed by atoms with Crippen LogP contribution in [0.2, 0.25) is 0 Å². The lowest BCUT2D eigenvalue weighted by Crippen LogP contribution is -2.29. The molecule has 1 aromatic rings. The van der Waals surface area contributed by atoms with E-state index in [-0.39, 0.29) is 6.04 Å². The summed E-state index contributed by atoms with van der Waals surface area (Å²) in [6.45, 7) is 1.47. The van der Waals surface area contributed by atoms with Crippen LogP contribution in [0, 0.1) is 0 Å². The molecule has 2 rings (SSSR count). The van der Waals surface area contributed by atoms with Crippen LogP contribution < -0.4 is 5.73 Å². The zero-order chi connectivity index (χ0) is 11.5. The Balaban J connectivity index is 2.16. The van der Waals surface area contributed by atoms with Gasteiger partial charge in [0.15, 0.2) is 0 Å². The van der Waals surface area contributed by atoms with Crippen molar-refractivity contribution in [2.75, 3.05) is 13.6 Å². The molecule has 3 heteroatoms. The van der Waals surface area contributed by atoms with E-state index in [4.69, 9.17) is 5.73 Å². The van der Waals surface area contributed by atoms with Crippen LogP contribution in [0.5, 0.6) is 0 Å². The van der Waals surface area contributed by atoms with Gasteiger partial charge in [-0.2, -0.15) is 0 Å². The van der Waals surface area contributed by atoms with Crippen molar-refractivity contribution in [2.24, 2.45) is 5.73 Å². The predicted molar refractivity (Wildman–Crippen MR) is 63.8 cm³/mol. The monoisotopic (exact) mass is 222 g/mol. The average molecular weight is 222 g/mol. The highest BCUT2D eigenvalue weighted by molar-refractivity contribution is 5.26. The number of benzene rings is 1. The van der Waals surface area contributed by atoms with Crippen LogP contribution in [0.15, 0.2) is 24.3 Å². The van der Waals surface area contributed by atoms with Crippen molar-refractivity contribution in [3.63, 3.8) is 0 Å². The Morgan fingerprint density at radius 3 is 3.00 bits per heavy atom. The van der Waals surface area contributed by atoms with Crippen LogP contribution >= 0.6 is 0 Å². The van der Waals surface area contributed by atoms with Gasteiger partial charge < -0.3 is 10.6 Å². The molecule has 1 saturated heterocycles. The molecule has 0 aliphatic carbocycles. The summed E-state index contributed by atoms with van der Waals surface area (Å²) >= 11 is 0. The molecule has 1 fully saturated rings. The Kier molecular flexibility index (Phi) is 3.56. The summed E-state index contributed by atoms with van der Waals surface area (Å²) in [5, 5.41) is 0. The maximum atomic E-state index is 14.3. The van der Waals surface area contributed by atoms with E-state index in [0.717, 1.165) is 30.5 Å². The minimum atomic E-state index is -0.890. The second-order valence-electron chi connectivity index (χ2n) is 4.54. The van der Waals surface area contributed by atoms with E-state index < -0.39 is 6.17 Å². The summed E-state index contributed by atoms with van der Waals surface area (Å²) < 4.78 is 14.3. The SMILES string of the molecule is CN1CCCC1C(F)c1cccc(CN)c1. The number of nitrogens with two attached hydrogens (primary N) is 1. The Bertz CT molecular complexity index is 354. The van der Waals surface area contributed by atoms with Gasteiger partial charge >= 0.3 is 0 Å². The van der Waals surface area contributed by atoms with Crippen LogP contribution in [0.1, 0.15) is 30.1 Å². The number of likely N-dealkylation sites (N-methyl/N-ethyl adjacent to an activating group) is 1. The van der Waals surface area contributed by atoms with E-state index in [2.05, 4.69) is 4.90 Å². The molecule has 16 heavy (non-hydrogen) atoms. The van der Waals surface area contributed by atoms with Gasteiger partial charge in [0.1, 0.15) is 6.17 Å². The van der Waals surface area contributed by atoms with Crippen LogP contribution in [0.3, 0.4) is 0 Å². The summed E-state index contributed by atoms with van der Waals surface area (Å²) in [5.41, 5.74) is 7.33. The Hall–Kier alpha value is -0.930. The third-order valence-corrected chi connectivity index (χ3v) is 3.42. The van der Waals surface area contributed by atoms with E-state index >= 15 is 0 Å². The molecule has 0 bridgehead atoms. The van der Waals surface area contributed by atoms with Crippen molar-refractivity contribution in [2.45, 2.75) is 31.6 Å². The first kappa shape index (κ1) is 11.6. The quantitative estimate of drug-likeness (QED) is 0.850. The van der Waals surface area contributed by atoms with E-state index in [1.54, 1.807) is 0 Å². The first-order valence-electron chi connectivity index (χ1n) is 5.85. The topological polar surface area (TPSA) is 29.3 Å². The van der Waals surface area contributed by atoms with Crippen molar-refractivity contribution in [1.29, 1.82) is 0 Å². The normalized spacial score (nSPS) is 23.6. The highest BCUT2D eigenvalue weighted by Gasteiger charge is 2.30. The molecule has 1 aliphatic heterocycles. The highest BCUT2D eigenvalue weighted by atomic mass is 19.1. The Labute approximate surface area is 96.2 Å². The highest BCUT2D eigenvalue weighted by Crippen LogP contribution is 2.31. The molecule has 88 valence electrons. The third-order valence-electron chi connectivity index (χ3n) is 3.42. The van der Waals surface area contributed by atoms with E-state index in [0.29, 0.717) is 6.54 Å². The molecule has 2 unspecified atom stereocenters.